The summed E-state index contributed by atoms with van der Waals surface area (Å²) in [4.78, 5) is 29.7. The molecule has 1 aromatic carbocycles. The lowest BCUT2D eigenvalue weighted by molar-refractivity contribution is 0.0789. The fraction of sp³-hybridized carbons (Fsp3) is 0.238. The average molecular weight is 348 g/mol. The number of furan rings is 1. The first-order chi connectivity index (χ1) is 12.6. The Labute approximate surface area is 151 Å². The highest BCUT2D eigenvalue weighted by Gasteiger charge is 2.29. The number of aryl methyl sites for hydroxylation is 1. The summed E-state index contributed by atoms with van der Waals surface area (Å²) < 4.78 is 5.28. The molecule has 3 heterocycles. The van der Waals surface area contributed by atoms with E-state index in [0.29, 0.717) is 30.5 Å². The summed E-state index contributed by atoms with van der Waals surface area (Å²) in [5, 5.41) is 0. The lowest BCUT2D eigenvalue weighted by Crippen LogP contribution is -2.33. The SMILES string of the molecule is Cc1ccccc1[C@H]1CCN(C(=O)c2ccc(-c3ccco3)[nH]c2=O)C1. The van der Waals surface area contributed by atoms with Crippen LogP contribution in [0.3, 0.4) is 0 Å². The van der Waals surface area contributed by atoms with Crippen molar-refractivity contribution in [3.05, 3.63) is 81.8 Å². The van der Waals surface area contributed by atoms with Crippen LogP contribution in [0.15, 0.2) is 64.0 Å². The van der Waals surface area contributed by atoms with Crippen LogP contribution in [-0.4, -0.2) is 28.9 Å². The van der Waals surface area contributed by atoms with Gasteiger partial charge in [0.2, 0.25) is 0 Å². The van der Waals surface area contributed by atoms with Crippen LogP contribution in [0.5, 0.6) is 0 Å². The molecule has 5 heteroatoms. The summed E-state index contributed by atoms with van der Waals surface area (Å²) in [6.45, 7) is 3.40. The topological polar surface area (TPSA) is 66.3 Å². The Bertz CT molecular complexity index is 988. The maximum atomic E-state index is 12.8. The molecule has 2 aromatic heterocycles. The van der Waals surface area contributed by atoms with E-state index in [4.69, 9.17) is 4.42 Å². The van der Waals surface area contributed by atoms with Gasteiger partial charge in [-0.1, -0.05) is 24.3 Å². The number of pyridine rings is 1. The Morgan fingerprint density at radius 3 is 2.73 bits per heavy atom. The molecule has 1 saturated heterocycles. The number of carbonyl (C=O) groups excluding carboxylic acids is 1. The Morgan fingerprint density at radius 2 is 2.00 bits per heavy atom. The third-order valence-electron chi connectivity index (χ3n) is 5.03. The molecule has 0 unspecified atom stereocenters. The second kappa shape index (κ2) is 6.67. The molecule has 1 aliphatic heterocycles. The van der Waals surface area contributed by atoms with Gasteiger partial charge in [0.25, 0.3) is 11.5 Å². The molecule has 5 nitrogen and oxygen atoms in total. The van der Waals surface area contributed by atoms with Crippen molar-refractivity contribution in [3.8, 4) is 11.5 Å². The Morgan fingerprint density at radius 1 is 1.15 bits per heavy atom. The predicted molar refractivity (Wildman–Crippen MR) is 99.2 cm³/mol. The minimum absolute atomic E-state index is 0.172. The molecule has 0 spiro atoms. The molecule has 1 amide bonds. The lowest BCUT2D eigenvalue weighted by atomic mass is 9.94. The number of aromatic nitrogens is 1. The van der Waals surface area contributed by atoms with E-state index in [1.807, 2.05) is 12.1 Å². The Hall–Kier alpha value is -3.08. The molecule has 0 aliphatic carbocycles. The van der Waals surface area contributed by atoms with Crippen LogP contribution in [0, 0.1) is 6.92 Å². The molecule has 1 fully saturated rings. The van der Waals surface area contributed by atoms with Crippen molar-refractivity contribution >= 4 is 5.91 Å². The van der Waals surface area contributed by atoms with Crippen molar-refractivity contribution in [2.75, 3.05) is 13.1 Å². The molecule has 132 valence electrons. The van der Waals surface area contributed by atoms with Crippen molar-refractivity contribution in [1.82, 2.24) is 9.88 Å². The Balaban J connectivity index is 1.54. The monoisotopic (exact) mass is 348 g/mol. The molecule has 3 aromatic rings. The van der Waals surface area contributed by atoms with E-state index >= 15 is 0 Å². The second-order valence-electron chi connectivity index (χ2n) is 6.69. The van der Waals surface area contributed by atoms with Gasteiger partial charge in [-0.2, -0.15) is 0 Å². The number of carbonyl (C=O) groups is 1. The predicted octanol–water partition coefficient (Wildman–Crippen LogP) is 3.57. The van der Waals surface area contributed by atoms with Gasteiger partial charge in [-0.25, -0.2) is 0 Å². The van der Waals surface area contributed by atoms with Gasteiger partial charge in [-0.15, -0.1) is 0 Å². The molecule has 0 radical (unpaired) electrons. The number of nitrogens with zero attached hydrogens (tertiary/aromatic N) is 1. The number of amides is 1. The first kappa shape index (κ1) is 16.4. The van der Waals surface area contributed by atoms with E-state index in [2.05, 4.69) is 24.0 Å². The zero-order chi connectivity index (χ0) is 18.1. The summed E-state index contributed by atoms with van der Waals surface area (Å²) in [6, 6.07) is 15.1. The first-order valence-corrected chi connectivity index (χ1v) is 8.75. The smallest absolute Gasteiger partial charge is 0.261 e. The number of likely N-dealkylation sites (tertiary alicyclic amines) is 1. The highest BCUT2D eigenvalue weighted by molar-refractivity contribution is 5.94. The van der Waals surface area contributed by atoms with E-state index in [0.717, 1.165) is 6.42 Å². The molecular formula is C21H20N2O3. The number of aromatic amines is 1. The summed E-state index contributed by atoms with van der Waals surface area (Å²) in [6.07, 6.45) is 2.46. The largest absolute Gasteiger partial charge is 0.463 e. The maximum absolute atomic E-state index is 12.8. The summed E-state index contributed by atoms with van der Waals surface area (Å²) >= 11 is 0. The van der Waals surface area contributed by atoms with Gasteiger partial charge in [-0.05, 0) is 48.7 Å². The quantitative estimate of drug-likeness (QED) is 0.787. The van der Waals surface area contributed by atoms with Crippen molar-refractivity contribution in [1.29, 1.82) is 0 Å². The average Bonchev–Trinajstić information content (AvgIpc) is 3.34. The number of H-pyrrole nitrogens is 1. The normalized spacial score (nSPS) is 16.8. The molecule has 1 aliphatic rings. The zero-order valence-corrected chi connectivity index (χ0v) is 14.6. The number of rotatable bonds is 3. The molecule has 0 bridgehead atoms. The van der Waals surface area contributed by atoms with Crippen molar-refractivity contribution in [3.63, 3.8) is 0 Å². The molecule has 0 saturated carbocycles. The van der Waals surface area contributed by atoms with Gasteiger partial charge in [0.1, 0.15) is 11.3 Å². The molecule has 1 N–H and O–H groups in total. The lowest BCUT2D eigenvalue weighted by Gasteiger charge is -2.17. The number of benzene rings is 1. The third kappa shape index (κ3) is 2.96. The van der Waals surface area contributed by atoms with E-state index in [1.165, 1.54) is 11.1 Å². The number of nitrogens with one attached hydrogen (secondary N) is 1. The molecule has 4 rings (SSSR count). The van der Waals surface area contributed by atoms with Crippen molar-refractivity contribution in [2.24, 2.45) is 0 Å². The van der Waals surface area contributed by atoms with E-state index in [-0.39, 0.29) is 17.0 Å². The highest BCUT2D eigenvalue weighted by Crippen LogP contribution is 2.30. The van der Waals surface area contributed by atoms with Crippen LogP contribution in [0.1, 0.15) is 33.8 Å². The van der Waals surface area contributed by atoms with Crippen LogP contribution >= 0.6 is 0 Å². The van der Waals surface area contributed by atoms with Crippen LogP contribution in [-0.2, 0) is 0 Å². The number of hydrogen-bond acceptors (Lipinski definition) is 3. The van der Waals surface area contributed by atoms with Gasteiger partial charge in [0.05, 0.1) is 12.0 Å². The fourth-order valence-electron chi connectivity index (χ4n) is 3.63. The zero-order valence-electron chi connectivity index (χ0n) is 14.6. The maximum Gasteiger partial charge on any atom is 0.261 e. The summed E-state index contributed by atoms with van der Waals surface area (Å²) in [5.74, 6) is 0.678. The minimum Gasteiger partial charge on any atom is -0.463 e. The van der Waals surface area contributed by atoms with Gasteiger partial charge >= 0.3 is 0 Å². The highest BCUT2D eigenvalue weighted by atomic mass is 16.3. The van der Waals surface area contributed by atoms with E-state index in [9.17, 15) is 9.59 Å². The third-order valence-corrected chi connectivity index (χ3v) is 5.03. The molecule has 1 atom stereocenters. The van der Waals surface area contributed by atoms with Crippen molar-refractivity contribution in [2.45, 2.75) is 19.3 Å². The van der Waals surface area contributed by atoms with E-state index in [1.54, 1.807) is 35.4 Å². The minimum atomic E-state index is -0.386. The van der Waals surface area contributed by atoms with Gasteiger partial charge in [-0.3, -0.25) is 9.59 Å². The van der Waals surface area contributed by atoms with Crippen LogP contribution in [0.25, 0.3) is 11.5 Å². The standard InChI is InChI=1S/C21H20N2O3/c1-14-5-2-3-6-16(14)15-10-11-23(13-15)21(25)17-8-9-18(22-20(17)24)19-7-4-12-26-19/h2-9,12,15H,10-11,13H2,1H3,(H,22,24)/t15-/m0/s1. The van der Waals surface area contributed by atoms with Crippen LogP contribution in [0.4, 0.5) is 0 Å². The molecule has 26 heavy (non-hydrogen) atoms. The summed E-state index contributed by atoms with van der Waals surface area (Å²) in [7, 11) is 0. The molecular weight excluding hydrogens is 328 g/mol. The second-order valence-corrected chi connectivity index (χ2v) is 6.69. The summed E-state index contributed by atoms with van der Waals surface area (Å²) in [5.41, 5.74) is 2.88. The van der Waals surface area contributed by atoms with Gasteiger partial charge in [0, 0.05) is 19.0 Å². The van der Waals surface area contributed by atoms with Gasteiger partial charge in [0.15, 0.2) is 0 Å². The Kier molecular flexibility index (Phi) is 4.21. The van der Waals surface area contributed by atoms with E-state index < -0.39 is 0 Å². The first-order valence-electron chi connectivity index (χ1n) is 8.75. The fourth-order valence-corrected chi connectivity index (χ4v) is 3.63. The van der Waals surface area contributed by atoms with Crippen LogP contribution < -0.4 is 5.56 Å². The number of hydrogen-bond donors (Lipinski definition) is 1. The van der Waals surface area contributed by atoms with Crippen LogP contribution in [0.2, 0.25) is 0 Å². The van der Waals surface area contributed by atoms with Gasteiger partial charge < -0.3 is 14.3 Å². The van der Waals surface area contributed by atoms with Crippen molar-refractivity contribution < 1.29 is 9.21 Å².